The molecule has 7 heteroatoms. The molecule has 2 heterocycles. The zero-order valence-corrected chi connectivity index (χ0v) is 15.0. The second-order valence-electron chi connectivity index (χ2n) is 6.04. The predicted molar refractivity (Wildman–Crippen MR) is 97.9 cm³/mol. The fourth-order valence-electron chi connectivity index (χ4n) is 3.37. The molecular weight excluding hydrogens is 350 g/mol. The highest BCUT2D eigenvalue weighted by atomic mass is 16.5. The van der Waals surface area contributed by atoms with E-state index < -0.39 is 11.9 Å². The van der Waals surface area contributed by atoms with E-state index in [-0.39, 0.29) is 16.8 Å². The summed E-state index contributed by atoms with van der Waals surface area (Å²) in [6.07, 6.45) is 0. The van der Waals surface area contributed by atoms with E-state index in [0.29, 0.717) is 33.8 Å². The number of rotatable bonds is 4. The Morgan fingerprint density at radius 2 is 1.63 bits per heavy atom. The van der Waals surface area contributed by atoms with E-state index in [1.165, 1.54) is 21.3 Å². The van der Waals surface area contributed by atoms with Gasteiger partial charge in [0.15, 0.2) is 16.9 Å². The number of para-hydroxylation sites is 1. The van der Waals surface area contributed by atoms with Gasteiger partial charge in [0.05, 0.1) is 38.3 Å². The predicted octanol–water partition coefficient (Wildman–Crippen LogP) is 2.65. The maximum atomic E-state index is 13.0. The van der Waals surface area contributed by atoms with Gasteiger partial charge in [-0.3, -0.25) is 9.59 Å². The van der Waals surface area contributed by atoms with Crippen molar-refractivity contribution >= 4 is 16.9 Å². The third kappa shape index (κ3) is 2.51. The maximum absolute atomic E-state index is 13.0. The molecule has 2 aromatic carbocycles. The van der Waals surface area contributed by atoms with E-state index in [1.807, 2.05) is 0 Å². The fourth-order valence-corrected chi connectivity index (χ4v) is 3.37. The van der Waals surface area contributed by atoms with Crippen LogP contribution < -0.4 is 25.0 Å². The van der Waals surface area contributed by atoms with E-state index in [9.17, 15) is 9.59 Å². The van der Waals surface area contributed by atoms with Gasteiger partial charge in [0.1, 0.15) is 5.58 Å². The van der Waals surface area contributed by atoms with Crippen LogP contribution in [0.5, 0.6) is 17.2 Å². The van der Waals surface area contributed by atoms with Crippen LogP contribution in [0, 0.1) is 0 Å². The van der Waals surface area contributed by atoms with Crippen molar-refractivity contribution in [2.45, 2.75) is 6.04 Å². The summed E-state index contributed by atoms with van der Waals surface area (Å²) in [4.78, 5) is 25.5. The average molecular weight is 367 g/mol. The molecule has 1 N–H and O–H groups in total. The van der Waals surface area contributed by atoms with Gasteiger partial charge in [-0.1, -0.05) is 12.1 Å². The van der Waals surface area contributed by atoms with Crippen LogP contribution in [0.1, 0.15) is 27.7 Å². The van der Waals surface area contributed by atoms with E-state index in [4.69, 9.17) is 18.6 Å². The van der Waals surface area contributed by atoms with Crippen LogP contribution >= 0.6 is 0 Å². The standard InChI is InChI=1S/C20H17NO6/c1-24-13-8-10(9-14(25-2)18(13)26-3)16-15-17(22)11-6-4-5-7-12(11)27-19(15)20(23)21-16/h4-9,16H,1-3H3,(H,21,23)/t16-/m0/s1. The summed E-state index contributed by atoms with van der Waals surface area (Å²) in [6, 6.07) is 9.58. The summed E-state index contributed by atoms with van der Waals surface area (Å²) < 4.78 is 21.8. The molecule has 3 aromatic rings. The molecule has 0 unspecified atom stereocenters. The number of benzene rings is 2. The van der Waals surface area contributed by atoms with Crippen LogP contribution in [0.2, 0.25) is 0 Å². The Hall–Kier alpha value is -3.48. The third-order valence-corrected chi connectivity index (χ3v) is 4.62. The number of carbonyl (C=O) groups excluding carboxylic acids is 1. The molecule has 1 aliphatic rings. The van der Waals surface area contributed by atoms with Crippen molar-refractivity contribution in [3.63, 3.8) is 0 Å². The van der Waals surface area contributed by atoms with Gasteiger partial charge >= 0.3 is 0 Å². The number of amides is 1. The Bertz CT molecular complexity index is 1090. The van der Waals surface area contributed by atoms with Crippen LogP contribution in [0.4, 0.5) is 0 Å². The highest BCUT2D eigenvalue weighted by Gasteiger charge is 2.36. The molecule has 0 aliphatic carbocycles. The van der Waals surface area contributed by atoms with Gasteiger partial charge in [-0.25, -0.2) is 0 Å². The first-order valence-corrected chi connectivity index (χ1v) is 8.25. The van der Waals surface area contributed by atoms with Gasteiger partial charge in [-0.05, 0) is 29.8 Å². The molecule has 0 bridgehead atoms. The minimum absolute atomic E-state index is 0.0254. The lowest BCUT2D eigenvalue weighted by molar-refractivity contribution is 0.0937. The van der Waals surface area contributed by atoms with Gasteiger partial charge in [0.2, 0.25) is 11.5 Å². The zero-order valence-electron chi connectivity index (χ0n) is 15.0. The highest BCUT2D eigenvalue weighted by Crippen LogP contribution is 2.42. The fraction of sp³-hybridized carbons (Fsp3) is 0.200. The van der Waals surface area contributed by atoms with Crippen LogP contribution in [0.25, 0.3) is 11.0 Å². The van der Waals surface area contributed by atoms with Crippen molar-refractivity contribution in [2.75, 3.05) is 21.3 Å². The van der Waals surface area contributed by atoms with E-state index in [0.717, 1.165) is 0 Å². The molecule has 0 saturated heterocycles. The molecule has 4 rings (SSSR count). The second kappa shape index (κ2) is 6.35. The topological polar surface area (TPSA) is 87.0 Å². The number of carbonyl (C=O) groups is 1. The molecule has 138 valence electrons. The SMILES string of the molecule is COc1cc([C@@H]2NC(=O)c3oc4ccccc4c(=O)c32)cc(OC)c1OC. The zero-order chi connectivity index (χ0) is 19.1. The summed E-state index contributed by atoms with van der Waals surface area (Å²) in [6.45, 7) is 0. The van der Waals surface area contributed by atoms with Crippen molar-refractivity contribution in [3.8, 4) is 17.2 Å². The summed E-state index contributed by atoms with van der Waals surface area (Å²) in [7, 11) is 4.52. The van der Waals surface area contributed by atoms with E-state index >= 15 is 0 Å². The lowest BCUT2D eigenvalue weighted by Gasteiger charge is -2.17. The van der Waals surface area contributed by atoms with Gasteiger partial charge in [0, 0.05) is 0 Å². The molecular formula is C20H17NO6. The number of fused-ring (bicyclic) bond motifs is 2. The normalized spacial score (nSPS) is 15.4. The number of hydrogen-bond acceptors (Lipinski definition) is 6. The van der Waals surface area contributed by atoms with Gasteiger partial charge in [0.25, 0.3) is 5.91 Å². The smallest absolute Gasteiger partial charge is 0.288 e. The molecule has 1 aromatic heterocycles. The number of ether oxygens (including phenoxy) is 3. The van der Waals surface area contributed by atoms with Gasteiger partial charge < -0.3 is 23.9 Å². The molecule has 0 saturated carbocycles. The van der Waals surface area contributed by atoms with Crippen LogP contribution in [-0.2, 0) is 0 Å². The third-order valence-electron chi connectivity index (χ3n) is 4.62. The van der Waals surface area contributed by atoms with Crippen LogP contribution in [0.15, 0.2) is 45.6 Å². The number of methoxy groups -OCH3 is 3. The van der Waals surface area contributed by atoms with Gasteiger partial charge in [-0.2, -0.15) is 0 Å². The number of nitrogens with one attached hydrogen (secondary N) is 1. The summed E-state index contributed by atoms with van der Waals surface area (Å²) in [5.74, 6) is 0.877. The molecule has 0 spiro atoms. The quantitative estimate of drug-likeness (QED) is 0.763. The van der Waals surface area contributed by atoms with Crippen molar-refractivity contribution in [1.29, 1.82) is 0 Å². The van der Waals surface area contributed by atoms with Crippen molar-refractivity contribution in [2.24, 2.45) is 0 Å². The first kappa shape index (κ1) is 17.0. The first-order valence-electron chi connectivity index (χ1n) is 8.25. The minimum atomic E-state index is -0.679. The lowest BCUT2D eigenvalue weighted by Crippen LogP contribution is -2.22. The molecule has 0 radical (unpaired) electrons. The molecule has 1 amide bonds. The van der Waals surface area contributed by atoms with Crippen LogP contribution in [-0.4, -0.2) is 27.2 Å². The van der Waals surface area contributed by atoms with Crippen molar-refractivity contribution in [1.82, 2.24) is 5.32 Å². The van der Waals surface area contributed by atoms with Crippen molar-refractivity contribution in [3.05, 3.63) is 63.5 Å². The first-order chi connectivity index (χ1) is 13.1. The van der Waals surface area contributed by atoms with Crippen LogP contribution in [0.3, 0.4) is 0 Å². The molecule has 1 aliphatic heterocycles. The molecule has 27 heavy (non-hydrogen) atoms. The Labute approximate surface area is 154 Å². The Morgan fingerprint density at radius 1 is 0.963 bits per heavy atom. The summed E-state index contributed by atoms with van der Waals surface area (Å²) in [5.41, 5.74) is 1.03. The largest absolute Gasteiger partial charge is 0.493 e. The highest BCUT2D eigenvalue weighted by molar-refractivity contribution is 5.99. The van der Waals surface area contributed by atoms with Crippen molar-refractivity contribution < 1.29 is 23.4 Å². The average Bonchev–Trinajstić information content (AvgIpc) is 3.03. The minimum Gasteiger partial charge on any atom is -0.493 e. The number of hydrogen-bond donors (Lipinski definition) is 1. The molecule has 7 nitrogen and oxygen atoms in total. The Balaban J connectivity index is 1.95. The Morgan fingerprint density at radius 3 is 2.26 bits per heavy atom. The summed E-state index contributed by atoms with van der Waals surface area (Å²) >= 11 is 0. The lowest BCUT2D eigenvalue weighted by atomic mass is 9.98. The van der Waals surface area contributed by atoms with Gasteiger partial charge in [-0.15, -0.1) is 0 Å². The Kier molecular flexibility index (Phi) is 3.99. The molecule has 0 fully saturated rings. The monoisotopic (exact) mass is 367 g/mol. The second-order valence-corrected chi connectivity index (χ2v) is 6.04. The van der Waals surface area contributed by atoms with E-state index in [1.54, 1.807) is 36.4 Å². The summed E-state index contributed by atoms with van der Waals surface area (Å²) in [5, 5.41) is 3.23. The molecule has 1 atom stereocenters. The maximum Gasteiger partial charge on any atom is 0.288 e. The van der Waals surface area contributed by atoms with E-state index in [2.05, 4.69) is 5.32 Å².